The van der Waals surface area contributed by atoms with E-state index in [4.69, 9.17) is 0 Å². The van der Waals surface area contributed by atoms with Crippen LogP contribution in [0.25, 0.3) is 0 Å². The Bertz CT molecular complexity index is 184. The lowest BCUT2D eigenvalue weighted by Crippen LogP contribution is -2.37. The third-order valence-electron chi connectivity index (χ3n) is 3.86. The molecule has 0 spiro atoms. The van der Waals surface area contributed by atoms with Crippen molar-refractivity contribution >= 4 is 0 Å². The lowest BCUT2D eigenvalue weighted by Gasteiger charge is -2.26. The Hall–Kier alpha value is -0.120. The van der Waals surface area contributed by atoms with Gasteiger partial charge >= 0.3 is 0 Å². The summed E-state index contributed by atoms with van der Waals surface area (Å²) in [4.78, 5) is 5.00. The van der Waals surface area contributed by atoms with Crippen LogP contribution in [0.3, 0.4) is 0 Å². The molecule has 2 atom stereocenters. The van der Waals surface area contributed by atoms with Crippen LogP contribution < -0.4 is 5.32 Å². The molecule has 1 saturated heterocycles. The number of likely N-dealkylation sites (tertiary alicyclic amines) is 1. The zero-order valence-corrected chi connectivity index (χ0v) is 11.5. The second-order valence-electron chi connectivity index (χ2n) is 5.37. The summed E-state index contributed by atoms with van der Waals surface area (Å²) in [5, 5.41) is 3.29. The summed E-state index contributed by atoms with van der Waals surface area (Å²) in [6.45, 7) is 6.01. The van der Waals surface area contributed by atoms with Crippen molar-refractivity contribution in [2.75, 3.05) is 40.8 Å². The Kier molecular flexibility index (Phi) is 6.32. The van der Waals surface area contributed by atoms with Crippen LogP contribution in [0, 0.1) is 0 Å². The highest BCUT2D eigenvalue weighted by Crippen LogP contribution is 2.15. The molecular weight excluding hydrogens is 198 g/mol. The maximum absolute atomic E-state index is 3.29. The molecule has 0 radical (unpaired) electrons. The van der Waals surface area contributed by atoms with Gasteiger partial charge in [0.1, 0.15) is 0 Å². The first-order valence-electron chi connectivity index (χ1n) is 6.69. The summed E-state index contributed by atoms with van der Waals surface area (Å²) >= 11 is 0. The van der Waals surface area contributed by atoms with Crippen LogP contribution in [-0.4, -0.2) is 62.7 Å². The highest BCUT2D eigenvalue weighted by atomic mass is 15.2. The van der Waals surface area contributed by atoms with Crippen molar-refractivity contribution in [3.05, 3.63) is 0 Å². The van der Waals surface area contributed by atoms with Gasteiger partial charge in [0.2, 0.25) is 0 Å². The fourth-order valence-corrected chi connectivity index (χ4v) is 2.47. The van der Waals surface area contributed by atoms with E-state index in [1.54, 1.807) is 0 Å². The normalized spacial score (nSPS) is 24.2. The number of hydrogen-bond acceptors (Lipinski definition) is 3. The van der Waals surface area contributed by atoms with E-state index in [2.05, 4.69) is 36.1 Å². The average molecular weight is 227 g/mol. The zero-order chi connectivity index (χ0) is 12.0. The van der Waals surface area contributed by atoms with Crippen molar-refractivity contribution in [2.24, 2.45) is 0 Å². The van der Waals surface area contributed by atoms with Gasteiger partial charge in [-0.05, 0) is 66.8 Å². The molecule has 1 fully saturated rings. The van der Waals surface area contributed by atoms with Crippen LogP contribution in [0.2, 0.25) is 0 Å². The molecule has 96 valence electrons. The van der Waals surface area contributed by atoms with Gasteiger partial charge in [-0.15, -0.1) is 0 Å². The third kappa shape index (κ3) is 4.81. The molecule has 3 heteroatoms. The summed E-state index contributed by atoms with van der Waals surface area (Å²) in [7, 11) is 6.56. The highest BCUT2D eigenvalue weighted by molar-refractivity contribution is 4.78. The van der Waals surface area contributed by atoms with Crippen molar-refractivity contribution in [3.8, 4) is 0 Å². The van der Waals surface area contributed by atoms with Crippen LogP contribution >= 0.6 is 0 Å². The number of nitrogens with zero attached hydrogens (tertiary/aromatic N) is 2. The number of rotatable bonds is 7. The Labute approximate surface area is 101 Å². The smallest absolute Gasteiger partial charge is 0.0220 e. The van der Waals surface area contributed by atoms with E-state index < -0.39 is 0 Å². The van der Waals surface area contributed by atoms with Crippen LogP contribution in [0.1, 0.15) is 32.6 Å². The van der Waals surface area contributed by atoms with E-state index in [-0.39, 0.29) is 0 Å². The van der Waals surface area contributed by atoms with Crippen LogP contribution in [0.5, 0.6) is 0 Å². The van der Waals surface area contributed by atoms with Crippen LogP contribution in [-0.2, 0) is 0 Å². The van der Waals surface area contributed by atoms with Gasteiger partial charge in [0, 0.05) is 18.6 Å². The van der Waals surface area contributed by atoms with E-state index in [0.717, 1.165) is 6.04 Å². The molecule has 1 heterocycles. The minimum Gasteiger partial charge on any atom is -0.317 e. The average Bonchev–Trinajstić information content (AvgIpc) is 2.64. The fourth-order valence-electron chi connectivity index (χ4n) is 2.47. The zero-order valence-electron chi connectivity index (χ0n) is 11.5. The first-order chi connectivity index (χ1) is 7.63. The monoisotopic (exact) mass is 227 g/mol. The minimum atomic E-state index is 0.655. The third-order valence-corrected chi connectivity index (χ3v) is 3.86. The quantitative estimate of drug-likeness (QED) is 0.709. The van der Waals surface area contributed by atoms with Gasteiger partial charge in [-0.1, -0.05) is 0 Å². The fraction of sp³-hybridized carbons (Fsp3) is 1.00. The van der Waals surface area contributed by atoms with Gasteiger partial charge in [-0.2, -0.15) is 0 Å². The molecule has 1 rings (SSSR count). The van der Waals surface area contributed by atoms with Gasteiger partial charge in [0.05, 0.1) is 0 Å². The van der Waals surface area contributed by atoms with Gasteiger partial charge in [0.15, 0.2) is 0 Å². The van der Waals surface area contributed by atoms with Gasteiger partial charge in [-0.25, -0.2) is 0 Å². The predicted molar refractivity (Wildman–Crippen MR) is 70.9 cm³/mol. The molecule has 1 aliphatic rings. The van der Waals surface area contributed by atoms with Crippen molar-refractivity contribution in [1.82, 2.24) is 15.1 Å². The maximum Gasteiger partial charge on any atom is 0.0220 e. The first kappa shape index (κ1) is 13.9. The van der Waals surface area contributed by atoms with Crippen molar-refractivity contribution < 1.29 is 0 Å². The second kappa shape index (κ2) is 7.25. The van der Waals surface area contributed by atoms with Gasteiger partial charge in [0.25, 0.3) is 0 Å². The molecule has 16 heavy (non-hydrogen) atoms. The molecule has 0 aromatic heterocycles. The molecule has 0 aromatic carbocycles. The number of hydrogen-bond donors (Lipinski definition) is 1. The van der Waals surface area contributed by atoms with Crippen molar-refractivity contribution in [3.63, 3.8) is 0 Å². The first-order valence-corrected chi connectivity index (χ1v) is 6.69. The largest absolute Gasteiger partial charge is 0.317 e. The maximum atomic E-state index is 3.29. The van der Waals surface area contributed by atoms with Crippen molar-refractivity contribution in [2.45, 2.75) is 44.7 Å². The molecule has 1 aliphatic heterocycles. The Morgan fingerprint density at radius 2 is 2.25 bits per heavy atom. The lowest BCUT2D eigenvalue weighted by molar-refractivity contribution is 0.216. The van der Waals surface area contributed by atoms with E-state index in [1.165, 1.54) is 45.3 Å². The standard InChI is InChI=1S/C13H29N3/c1-12(14-2)7-5-9-15(3)11-13-8-6-10-16(13)4/h12-14H,5-11H2,1-4H3. The van der Waals surface area contributed by atoms with Crippen molar-refractivity contribution in [1.29, 1.82) is 0 Å². The molecule has 0 bridgehead atoms. The summed E-state index contributed by atoms with van der Waals surface area (Å²) < 4.78 is 0. The van der Waals surface area contributed by atoms with E-state index >= 15 is 0 Å². The Morgan fingerprint density at radius 1 is 1.50 bits per heavy atom. The lowest BCUT2D eigenvalue weighted by atomic mass is 10.1. The second-order valence-corrected chi connectivity index (χ2v) is 5.37. The van der Waals surface area contributed by atoms with Crippen LogP contribution in [0.4, 0.5) is 0 Å². The topological polar surface area (TPSA) is 18.5 Å². The predicted octanol–water partition coefficient (Wildman–Crippen LogP) is 1.40. The number of nitrogens with one attached hydrogen (secondary N) is 1. The number of likely N-dealkylation sites (N-methyl/N-ethyl adjacent to an activating group) is 2. The molecule has 0 aliphatic carbocycles. The van der Waals surface area contributed by atoms with Crippen LogP contribution in [0.15, 0.2) is 0 Å². The van der Waals surface area contributed by atoms with E-state index in [0.29, 0.717) is 6.04 Å². The molecule has 3 nitrogen and oxygen atoms in total. The summed E-state index contributed by atoms with van der Waals surface area (Å²) in [5.74, 6) is 0. The molecule has 1 N–H and O–H groups in total. The summed E-state index contributed by atoms with van der Waals surface area (Å²) in [6, 6.07) is 1.45. The van der Waals surface area contributed by atoms with E-state index in [1.807, 2.05) is 7.05 Å². The highest BCUT2D eigenvalue weighted by Gasteiger charge is 2.21. The van der Waals surface area contributed by atoms with Gasteiger partial charge < -0.3 is 15.1 Å². The summed E-state index contributed by atoms with van der Waals surface area (Å²) in [5.41, 5.74) is 0. The Balaban J connectivity index is 2.08. The molecular formula is C13H29N3. The Morgan fingerprint density at radius 3 is 2.81 bits per heavy atom. The molecule has 0 amide bonds. The molecule has 2 unspecified atom stereocenters. The minimum absolute atomic E-state index is 0.655. The molecule has 0 saturated carbocycles. The van der Waals surface area contributed by atoms with Gasteiger partial charge in [-0.3, -0.25) is 0 Å². The van der Waals surface area contributed by atoms with E-state index in [9.17, 15) is 0 Å². The summed E-state index contributed by atoms with van der Waals surface area (Å²) in [6.07, 6.45) is 5.34. The molecule has 0 aromatic rings. The SMILES string of the molecule is CNC(C)CCCN(C)CC1CCCN1C.